The normalized spacial score (nSPS) is 24.7. The molecule has 2 saturated heterocycles. The minimum atomic E-state index is -0.0317. The maximum atomic E-state index is 11.9. The van der Waals surface area contributed by atoms with E-state index >= 15 is 0 Å². The molecule has 0 radical (unpaired) electrons. The summed E-state index contributed by atoms with van der Waals surface area (Å²) in [7, 11) is 0. The number of hydrogen-bond donors (Lipinski definition) is 1. The van der Waals surface area contributed by atoms with Gasteiger partial charge in [0.15, 0.2) is 0 Å². The maximum Gasteiger partial charge on any atom is 0.224 e. The number of amides is 1. The molecule has 7 heteroatoms. The van der Waals surface area contributed by atoms with Gasteiger partial charge in [-0.2, -0.15) is 0 Å². The summed E-state index contributed by atoms with van der Waals surface area (Å²) in [6.45, 7) is 8.56. The van der Waals surface area contributed by atoms with E-state index < -0.39 is 0 Å². The van der Waals surface area contributed by atoms with E-state index in [-0.39, 0.29) is 36.8 Å². The highest BCUT2D eigenvalue weighted by molar-refractivity contribution is 5.85. The third-order valence-electron chi connectivity index (χ3n) is 3.76. The van der Waals surface area contributed by atoms with Crippen molar-refractivity contribution >= 4 is 30.7 Å². The monoisotopic (exact) mass is 327 g/mol. The Balaban J connectivity index is 0.00000180. The van der Waals surface area contributed by atoms with Crippen LogP contribution in [0.15, 0.2) is 0 Å². The zero-order chi connectivity index (χ0) is 13.0. The lowest BCUT2D eigenvalue weighted by Crippen LogP contribution is -2.40. The van der Waals surface area contributed by atoms with Gasteiger partial charge in [-0.15, -0.1) is 24.8 Å². The average Bonchev–Trinajstić information content (AvgIpc) is 2.78. The minimum Gasteiger partial charge on any atom is -0.379 e. The number of hydrogen-bond acceptors (Lipinski definition) is 4. The summed E-state index contributed by atoms with van der Waals surface area (Å²) < 4.78 is 5.35. The molecule has 2 fully saturated rings. The van der Waals surface area contributed by atoms with Crippen molar-refractivity contribution in [2.24, 2.45) is 11.7 Å². The second kappa shape index (κ2) is 9.79. The Bertz CT molecular complexity index is 287. The molecule has 2 heterocycles. The summed E-state index contributed by atoms with van der Waals surface area (Å²) in [6, 6.07) is -0.0317. The number of carbonyl (C=O) groups excluding carboxylic acids is 1. The van der Waals surface area contributed by atoms with Gasteiger partial charge >= 0.3 is 0 Å². The van der Waals surface area contributed by atoms with Gasteiger partial charge in [0, 0.05) is 45.2 Å². The van der Waals surface area contributed by atoms with Gasteiger partial charge in [-0.3, -0.25) is 9.69 Å². The summed E-state index contributed by atoms with van der Waals surface area (Å²) in [5.74, 6) is 0.842. The van der Waals surface area contributed by atoms with Crippen molar-refractivity contribution in [2.45, 2.75) is 25.8 Å². The number of halogens is 2. The Morgan fingerprint density at radius 2 is 1.95 bits per heavy atom. The van der Waals surface area contributed by atoms with Gasteiger partial charge in [-0.05, 0) is 19.3 Å². The van der Waals surface area contributed by atoms with Gasteiger partial charge in [0.05, 0.1) is 13.2 Å². The SMILES string of the molecule is CC(N)CC(=O)N1CCC(CN2CCOCC2)C1.Cl.Cl. The van der Waals surface area contributed by atoms with Gasteiger partial charge in [0.2, 0.25) is 5.91 Å². The number of nitrogens with two attached hydrogens (primary N) is 1. The Morgan fingerprint density at radius 3 is 2.55 bits per heavy atom. The highest BCUT2D eigenvalue weighted by atomic mass is 35.5. The lowest BCUT2D eigenvalue weighted by molar-refractivity contribution is -0.130. The van der Waals surface area contributed by atoms with E-state index in [1.54, 1.807) is 0 Å². The van der Waals surface area contributed by atoms with Gasteiger partial charge in [0.25, 0.3) is 0 Å². The van der Waals surface area contributed by atoms with E-state index in [2.05, 4.69) is 4.90 Å². The molecule has 2 rings (SSSR count). The second-order valence-corrected chi connectivity index (χ2v) is 5.59. The number of rotatable bonds is 4. The topological polar surface area (TPSA) is 58.8 Å². The maximum absolute atomic E-state index is 11.9. The highest BCUT2D eigenvalue weighted by Gasteiger charge is 2.28. The molecule has 0 spiro atoms. The van der Waals surface area contributed by atoms with E-state index in [0.717, 1.165) is 52.4 Å². The predicted molar refractivity (Wildman–Crippen MR) is 84.7 cm³/mol. The van der Waals surface area contributed by atoms with Crippen LogP contribution in [-0.2, 0) is 9.53 Å². The quantitative estimate of drug-likeness (QED) is 0.827. The van der Waals surface area contributed by atoms with Crippen molar-refractivity contribution in [2.75, 3.05) is 45.9 Å². The largest absolute Gasteiger partial charge is 0.379 e. The molecule has 0 aromatic rings. The molecule has 0 saturated carbocycles. The molecule has 2 atom stereocenters. The molecule has 0 aliphatic carbocycles. The van der Waals surface area contributed by atoms with Crippen molar-refractivity contribution in [3.63, 3.8) is 0 Å². The first-order valence-corrected chi connectivity index (χ1v) is 6.98. The van der Waals surface area contributed by atoms with Gasteiger partial charge < -0.3 is 15.4 Å². The molecule has 120 valence electrons. The number of carbonyl (C=O) groups is 1. The van der Waals surface area contributed by atoms with Crippen LogP contribution in [0.2, 0.25) is 0 Å². The average molecular weight is 328 g/mol. The van der Waals surface area contributed by atoms with Crippen molar-refractivity contribution in [3.8, 4) is 0 Å². The Labute approximate surface area is 134 Å². The molecule has 2 aliphatic rings. The first-order valence-electron chi connectivity index (χ1n) is 6.98. The third kappa shape index (κ3) is 6.14. The fourth-order valence-corrected chi connectivity index (χ4v) is 2.76. The zero-order valence-corrected chi connectivity index (χ0v) is 13.8. The number of likely N-dealkylation sites (tertiary alicyclic amines) is 1. The first kappa shape index (κ1) is 19.9. The van der Waals surface area contributed by atoms with Crippen molar-refractivity contribution in [3.05, 3.63) is 0 Å². The number of ether oxygens (including phenoxy) is 1. The Hall–Kier alpha value is -0.0700. The van der Waals surface area contributed by atoms with Gasteiger partial charge in [-0.1, -0.05) is 0 Å². The lowest BCUT2D eigenvalue weighted by atomic mass is 10.1. The predicted octanol–water partition coefficient (Wildman–Crippen LogP) is 0.748. The van der Waals surface area contributed by atoms with Crippen LogP contribution in [-0.4, -0.2) is 67.7 Å². The van der Waals surface area contributed by atoms with Gasteiger partial charge in [-0.25, -0.2) is 0 Å². The molecule has 20 heavy (non-hydrogen) atoms. The van der Waals surface area contributed by atoms with E-state index in [1.165, 1.54) is 0 Å². The van der Waals surface area contributed by atoms with Crippen LogP contribution in [0.5, 0.6) is 0 Å². The molecule has 2 N–H and O–H groups in total. The molecular formula is C13H27Cl2N3O2. The van der Waals surface area contributed by atoms with Crippen LogP contribution in [0, 0.1) is 5.92 Å². The van der Waals surface area contributed by atoms with E-state index in [4.69, 9.17) is 10.5 Å². The molecule has 2 aliphatic heterocycles. The third-order valence-corrected chi connectivity index (χ3v) is 3.76. The number of nitrogens with zero attached hydrogens (tertiary/aromatic N) is 2. The number of morpholine rings is 1. The second-order valence-electron chi connectivity index (χ2n) is 5.59. The van der Waals surface area contributed by atoms with E-state index in [0.29, 0.717) is 12.3 Å². The van der Waals surface area contributed by atoms with E-state index in [9.17, 15) is 4.79 Å². The summed E-state index contributed by atoms with van der Waals surface area (Å²) in [6.07, 6.45) is 1.60. The lowest BCUT2D eigenvalue weighted by Gasteiger charge is -2.29. The zero-order valence-electron chi connectivity index (χ0n) is 12.1. The van der Waals surface area contributed by atoms with Crippen molar-refractivity contribution < 1.29 is 9.53 Å². The van der Waals surface area contributed by atoms with Crippen LogP contribution in [0.3, 0.4) is 0 Å². The van der Waals surface area contributed by atoms with Crippen LogP contribution in [0.1, 0.15) is 19.8 Å². The van der Waals surface area contributed by atoms with Crippen molar-refractivity contribution in [1.29, 1.82) is 0 Å². The van der Waals surface area contributed by atoms with Gasteiger partial charge in [0.1, 0.15) is 0 Å². The summed E-state index contributed by atoms with van der Waals surface area (Å²) in [4.78, 5) is 16.3. The first-order chi connectivity index (χ1) is 8.65. The summed E-state index contributed by atoms with van der Waals surface area (Å²) >= 11 is 0. The fourth-order valence-electron chi connectivity index (χ4n) is 2.76. The molecule has 1 amide bonds. The molecule has 0 aromatic heterocycles. The molecular weight excluding hydrogens is 301 g/mol. The van der Waals surface area contributed by atoms with Crippen LogP contribution in [0.25, 0.3) is 0 Å². The summed E-state index contributed by atoms with van der Waals surface area (Å²) in [5.41, 5.74) is 5.68. The van der Waals surface area contributed by atoms with Crippen LogP contribution >= 0.6 is 24.8 Å². The summed E-state index contributed by atoms with van der Waals surface area (Å²) in [5, 5.41) is 0. The smallest absolute Gasteiger partial charge is 0.224 e. The van der Waals surface area contributed by atoms with Crippen LogP contribution < -0.4 is 5.73 Å². The standard InChI is InChI=1S/C13H25N3O2.2ClH/c1-11(14)8-13(17)16-3-2-12(10-16)9-15-4-6-18-7-5-15;;/h11-12H,2-10,14H2,1H3;2*1H. The fraction of sp³-hybridized carbons (Fsp3) is 0.923. The van der Waals surface area contributed by atoms with Crippen LogP contribution in [0.4, 0.5) is 0 Å². The minimum absolute atomic E-state index is 0. The highest BCUT2D eigenvalue weighted by Crippen LogP contribution is 2.19. The Morgan fingerprint density at radius 1 is 1.30 bits per heavy atom. The molecule has 2 unspecified atom stereocenters. The molecule has 0 aromatic carbocycles. The molecule has 0 bridgehead atoms. The van der Waals surface area contributed by atoms with Crippen molar-refractivity contribution in [1.82, 2.24) is 9.80 Å². The molecule has 5 nitrogen and oxygen atoms in total. The Kier molecular flexibility index (Phi) is 9.76. The van der Waals surface area contributed by atoms with E-state index in [1.807, 2.05) is 11.8 Å².